The van der Waals surface area contributed by atoms with Gasteiger partial charge in [0.25, 0.3) is 5.91 Å². The fourth-order valence-electron chi connectivity index (χ4n) is 3.06. The highest BCUT2D eigenvalue weighted by atomic mass is 35.5. The van der Waals surface area contributed by atoms with Gasteiger partial charge >= 0.3 is 0 Å². The minimum absolute atomic E-state index is 0.133. The highest BCUT2D eigenvalue weighted by Gasteiger charge is 2.14. The lowest BCUT2D eigenvalue weighted by Crippen LogP contribution is -2.25. The van der Waals surface area contributed by atoms with Gasteiger partial charge in [0.05, 0.1) is 6.54 Å². The maximum atomic E-state index is 13.3. The largest absolute Gasteiger partial charge is 0.351 e. The fourth-order valence-corrected chi connectivity index (χ4v) is 4.09. The summed E-state index contributed by atoms with van der Waals surface area (Å²) >= 11 is 7.61. The number of nitrogens with zero attached hydrogens (tertiary/aromatic N) is 2. The molecular formula is C23H25ClFN3OS. The normalized spacial score (nSPS) is 11.1. The first-order chi connectivity index (χ1) is 14.5. The minimum atomic E-state index is -0.251. The number of hydrogen-bond acceptors (Lipinski definition) is 4. The molecule has 0 unspecified atom stereocenters. The number of amides is 1. The van der Waals surface area contributed by atoms with Crippen LogP contribution in [0.3, 0.4) is 0 Å². The van der Waals surface area contributed by atoms with E-state index >= 15 is 0 Å². The van der Waals surface area contributed by atoms with Gasteiger partial charge in [0.1, 0.15) is 16.5 Å². The van der Waals surface area contributed by atoms with Crippen molar-refractivity contribution < 1.29 is 9.18 Å². The molecule has 1 heterocycles. The molecule has 3 rings (SSSR count). The predicted octanol–water partition coefficient (Wildman–Crippen LogP) is 5.67. The number of unbranched alkanes of at least 4 members (excludes halogenated alkanes) is 1. The smallest absolute Gasteiger partial charge is 0.270 e. The Morgan fingerprint density at radius 3 is 2.63 bits per heavy atom. The van der Waals surface area contributed by atoms with E-state index in [1.165, 1.54) is 23.5 Å². The summed E-state index contributed by atoms with van der Waals surface area (Å²) < 4.78 is 13.3. The lowest BCUT2D eigenvalue weighted by atomic mass is 10.1. The van der Waals surface area contributed by atoms with Crippen LogP contribution < -0.4 is 5.32 Å². The molecule has 30 heavy (non-hydrogen) atoms. The van der Waals surface area contributed by atoms with E-state index in [1.807, 2.05) is 24.3 Å². The van der Waals surface area contributed by atoms with Crippen molar-refractivity contribution in [1.29, 1.82) is 0 Å². The number of carbonyl (C=O) groups excluding carboxylic acids is 1. The molecule has 0 aliphatic rings. The van der Waals surface area contributed by atoms with E-state index in [0.29, 0.717) is 36.9 Å². The predicted molar refractivity (Wildman–Crippen MR) is 120 cm³/mol. The van der Waals surface area contributed by atoms with E-state index in [2.05, 4.69) is 22.1 Å². The number of carbonyl (C=O) groups is 1. The molecule has 0 fully saturated rings. The highest BCUT2D eigenvalue weighted by Crippen LogP contribution is 2.19. The Morgan fingerprint density at radius 2 is 1.90 bits per heavy atom. The van der Waals surface area contributed by atoms with Crippen molar-refractivity contribution in [1.82, 2.24) is 15.2 Å². The Morgan fingerprint density at radius 1 is 1.13 bits per heavy atom. The molecule has 1 N–H and O–H groups in total. The maximum absolute atomic E-state index is 13.3. The molecule has 158 valence electrons. The molecule has 0 saturated heterocycles. The molecule has 0 spiro atoms. The summed E-state index contributed by atoms with van der Waals surface area (Å²) in [6.45, 7) is 4.62. The summed E-state index contributed by atoms with van der Waals surface area (Å²) in [6, 6.07) is 14.2. The van der Waals surface area contributed by atoms with Crippen molar-refractivity contribution in [2.75, 3.05) is 6.54 Å². The number of hydrogen-bond donors (Lipinski definition) is 1. The van der Waals surface area contributed by atoms with Crippen LogP contribution in [0.15, 0.2) is 53.9 Å². The third-order valence-corrected chi connectivity index (χ3v) is 5.64. The zero-order valence-electron chi connectivity index (χ0n) is 16.9. The molecule has 0 radical (unpaired) electrons. The Hall–Kier alpha value is -2.28. The Kier molecular flexibility index (Phi) is 8.37. The van der Waals surface area contributed by atoms with Crippen LogP contribution in [0.2, 0.25) is 5.02 Å². The average molecular weight is 446 g/mol. The van der Waals surface area contributed by atoms with E-state index < -0.39 is 0 Å². The molecule has 1 amide bonds. The maximum Gasteiger partial charge on any atom is 0.270 e. The van der Waals surface area contributed by atoms with Gasteiger partial charge in [0.15, 0.2) is 0 Å². The second-order valence-electron chi connectivity index (χ2n) is 7.14. The van der Waals surface area contributed by atoms with Crippen LogP contribution in [0.4, 0.5) is 4.39 Å². The fraction of sp³-hybridized carbons (Fsp3) is 0.304. The van der Waals surface area contributed by atoms with Crippen molar-refractivity contribution in [2.45, 2.75) is 39.4 Å². The van der Waals surface area contributed by atoms with Crippen LogP contribution in [0, 0.1) is 5.82 Å². The number of thiazole rings is 1. The van der Waals surface area contributed by atoms with Gasteiger partial charge in [-0.2, -0.15) is 0 Å². The van der Waals surface area contributed by atoms with Gasteiger partial charge in [0, 0.05) is 30.0 Å². The molecule has 0 bridgehead atoms. The van der Waals surface area contributed by atoms with E-state index in [9.17, 15) is 9.18 Å². The summed E-state index contributed by atoms with van der Waals surface area (Å²) in [5.74, 6) is -0.385. The van der Waals surface area contributed by atoms with E-state index in [1.54, 1.807) is 17.5 Å². The van der Waals surface area contributed by atoms with Gasteiger partial charge in [0.2, 0.25) is 0 Å². The first kappa shape index (κ1) is 22.4. The van der Waals surface area contributed by atoms with E-state index in [-0.39, 0.29) is 11.7 Å². The Bertz CT molecular complexity index is 961. The Balaban J connectivity index is 1.71. The zero-order valence-corrected chi connectivity index (χ0v) is 18.5. The molecule has 0 atom stereocenters. The first-order valence-corrected chi connectivity index (χ1v) is 11.2. The van der Waals surface area contributed by atoms with Crippen LogP contribution in [-0.4, -0.2) is 22.3 Å². The van der Waals surface area contributed by atoms with Crippen molar-refractivity contribution in [3.05, 3.63) is 86.6 Å². The third-order valence-electron chi connectivity index (χ3n) is 4.57. The first-order valence-electron chi connectivity index (χ1n) is 9.97. The highest BCUT2D eigenvalue weighted by molar-refractivity contribution is 7.09. The molecule has 4 nitrogen and oxygen atoms in total. The summed E-state index contributed by atoms with van der Waals surface area (Å²) in [4.78, 5) is 19.0. The minimum Gasteiger partial charge on any atom is -0.351 e. The molecule has 1 aromatic heterocycles. The standard InChI is InChI=1S/C23H25ClFN3OS/c1-2-3-11-26-23(29)21-16-30-22(27-21)15-28(13-17-7-9-20(25)10-8-17)14-18-5-4-6-19(24)12-18/h4-10,12,16H,2-3,11,13-15H2,1H3,(H,26,29). The lowest BCUT2D eigenvalue weighted by molar-refractivity contribution is 0.0948. The van der Waals surface area contributed by atoms with Crippen LogP contribution in [0.25, 0.3) is 0 Å². The van der Waals surface area contributed by atoms with Gasteiger partial charge in [-0.15, -0.1) is 11.3 Å². The topological polar surface area (TPSA) is 45.2 Å². The molecule has 2 aromatic carbocycles. The Labute approximate surface area is 185 Å². The molecule has 0 saturated carbocycles. The number of aromatic nitrogens is 1. The van der Waals surface area contributed by atoms with Gasteiger partial charge in [-0.05, 0) is 41.8 Å². The number of nitrogens with one attached hydrogen (secondary N) is 1. The molecule has 7 heteroatoms. The second-order valence-corrected chi connectivity index (χ2v) is 8.52. The quantitative estimate of drug-likeness (QED) is 0.409. The molecular weight excluding hydrogens is 421 g/mol. The van der Waals surface area contributed by atoms with Crippen LogP contribution in [0.5, 0.6) is 0 Å². The van der Waals surface area contributed by atoms with Crippen molar-refractivity contribution >= 4 is 28.8 Å². The number of rotatable bonds is 10. The second kappa shape index (κ2) is 11.2. The summed E-state index contributed by atoms with van der Waals surface area (Å²) in [5.41, 5.74) is 2.54. The lowest BCUT2D eigenvalue weighted by Gasteiger charge is -2.21. The molecule has 3 aromatic rings. The average Bonchev–Trinajstić information content (AvgIpc) is 3.18. The number of halogens is 2. The number of benzene rings is 2. The van der Waals surface area contributed by atoms with Crippen LogP contribution >= 0.6 is 22.9 Å². The third kappa shape index (κ3) is 6.90. The van der Waals surface area contributed by atoms with Crippen molar-refractivity contribution in [3.63, 3.8) is 0 Å². The SMILES string of the molecule is CCCCNC(=O)c1csc(CN(Cc2ccc(F)cc2)Cc2cccc(Cl)c2)n1. The zero-order chi connectivity index (χ0) is 21.3. The van der Waals surface area contributed by atoms with Gasteiger partial charge in [-0.25, -0.2) is 9.37 Å². The van der Waals surface area contributed by atoms with Gasteiger partial charge in [-0.3, -0.25) is 9.69 Å². The van der Waals surface area contributed by atoms with Gasteiger partial charge in [-0.1, -0.05) is 49.2 Å². The molecule has 0 aliphatic heterocycles. The van der Waals surface area contributed by atoms with E-state index in [4.69, 9.17) is 11.6 Å². The van der Waals surface area contributed by atoms with Crippen molar-refractivity contribution in [3.8, 4) is 0 Å². The van der Waals surface area contributed by atoms with E-state index in [0.717, 1.165) is 29.0 Å². The monoisotopic (exact) mass is 445 g/mol. The van der Waals surface area contributed by atoms with Gasteiger partial charge < -0.3 is 5.32 Å². The summed E-state index contributed by atoms with van der Waals surface area (Å²) in [5, 5.41) is 6.25. The van der Waals surface area contributed by atoms with Crippen LogP contribution in [0.1, 0.15) is 46.4 Å². The summed E-state index contributed by atoms with van der Waals surface area (Å²) in [6.07, 6.45) is 1.98. The van der Waals surface area contributed by atoms with Crippen molar-refractivity contribution in [2.24, 2.45) is 0 Å². The molecule has 0 aliphatic carbocycles. The van der Waals surface area contributed by atoms with Crippen LogP contribution in [-0.2, 0) is 19.6 Å². The summed E-state index contributed by atoms with van der Waals surface area (Å²) in [7, 11) is 0.